The molecule has 0 spiro atoms. The van der Waals surface area contributed by atoms with E-state index in [1.165, 1.54) is 12.1 Å². The van der Waals surface area contributed by atoms with Gasteiger partial charge in [-0.1, -0.05) is 11.6 Å². The Kier molecular flexibility index (Phi) is 5.67. The Morgan fingerprint density at radius 3 is 2.74 bits per heavy atom. The molecule has 0 aromatic heterocycles. The van der Waals surface area contributed by atoms with E-state index in [2.05, 4.69) is 10.6 Å². The molecular weight excluding hydrogens is 284 g/mol. The molecule has 0 bridgehead atoms. The molecule has 3 N–H and O–H groups in total. The lowest BCUT2D eigenvalue weighted by atomic mass is 10.2. The molecular formula is C13H17ClN2O2S. The summed E-state index contributed by atoms with van der Waals surface area (Å²) in [6.45, 7) is 1.99. The summed E-state index contributed by atoms with van der Waals surface area (Å²) in [6, 6.07) is 2.93. The zero-order valence-electron chi connectivity index (χ0n) is 10.7. The Labute approximate surface area is 119 Å². The number of unbranched alkanes of at least 4 members (excludes halogenated alkanes) is 2. The highest BCUT2D eigenvalue weighted by molar-refractivity contribution is 7.89. The standard InChI is InChI=1S/C13H17ClN2O2S/c1-3-4-5-6-7-16-19(17,18)13-9-11(14)8-12(15)10(13)2/h1,8-9,16H,4-7,15H2,2H3. The summed E-state index contributed by atoms with van der Waals surface area (Å²) in [5.74, 6) is 2.51. The third-order valence-electron chi connectivity index (χ3n) is 2.69. The fraction of sp³-hybridized carbons (Fsp3) is 0.385. The van der Waals surface area contributed by atoms with E-state index in [-0.39, 0.29) is 4.90 Å². The van der Waals surface area contributed by atoms with E-state index in [0.717, 1.165) is 6.42 Å². The minimum Gasteiger partial charge on any atom is -0.398 e. The van der Waals surface area contributed by atoms with E-state index in [9.17, 15) is 8.42 Å². The number of halogens is 1. The van der Waals surface area contributed by atoms with Gasteiger partial charge in [0.1, 0.15) is 0 Å². The molecule has 104 valence electrons. The topological polar surface area (TPSA) is 72.2 Å². The maximum absolute atomic E-state index is 12.1. The first kappa shape index (κ1) is 15.8. The van der Waals surface area contributed by atoms with Crippen molar-refractivity contribution in [1.82, 2.24) is 4.72 Å². The number of anilines is 1. The number of hydrogen-bond acceptors (Lipinski definition) is 3. The smallest absolute Gasteiger partial charge is 0.240 e. The zero-order valence-corrected chi connectivity index (χ0v) is 12.3. The minimum absolute atomic E-state index is 0.120. The van der Waals surface area contributed by atoms with Crippen LogP contribution in [0.2, 0.25) is 5.02 Å². The Morgan fingerprint density at radius 2 is 2.11 bits per heavy atom. The van der Waals surface area contributed by atoms with Crippen LogP contribution in [-0.4, -0.2) is 15.0 Å². The summed E-state index contributed by atoms with van der Waals surface area (Å²) < 4.78 is 26.8. The molecule has 0 unspecified atom stereocenters. The van der Waals surface area contributed by atoms with E-state index in [4.69, 9.17) is 23.8 Å². The average Bonchev–Trinajstić information content (AvgIpc) is 2.33. The second-order valence-corrected chi connectivity index (χ2v) is 6.35. The molecule has 1 aromatic rings. The van der Waals surface area contributed by atoms with Crippen molar-refractivity contribution >= 4 is 27.3 Å². The number of nitrogens with two attached hydrogens (primary N) is 1. The van der Waals surface area contributed by atoms with Crippen molar-refractivity contribution in [3.63, 3.8) is 0 Å². The molecule has 0 saturated heterocycles. The summed E-state index contributed by atoms with van der Waals surface area (Å²) in [4.78, 5) is 0.120. The zero-order chi connectivity index (χ0) is 14.5. The van der Waals surface area contributed by atoms with Crippen LogP contribution in [0.4, 0.5) is 5.69 Å². The highest BCUT2D eigenvalue weighted by Gasteiger charge is 2.18. The number of hydrogen-bond donors (Lipinski definition) is 2. The third-order valence-corrected chi connectivity index (χ3v) is 4.50. The molecule has 0 aliphatic heterocycles. The quantitative estimate of drug-likeness (QED) is 0.481. The van der Waals surface area contributed by atoms with E-state index in [1.807, 2.05) is 0 Å². The van der Waals surface area contributed by atoms with E-state index in [1.54, 1.807) is 6.92 Å². The first-order valence-electron chi connectivity index (χ1n) is 5.87. The second-order valence-electron chi connectivity index (χ2n) is 4.18. The average molecular weight is 301 g/mol. The summed E-state index contributed by atoms with van der Waals surface area (Å²) >= 11 is 5.84. The molecule has 1 aromatic carbocycles. The van der Waals surface area contributed by atoms with Crippen molar-refractivity contribution < 1.29 is 8.42 Å². The van der Waals surface area contributed by atoms with Crippen LogP contribution in [-0.2, 0) is 10.0 Å². The molecule has 0 aliphatic rings. The molecule has 0 amide bonds. The summed E-state index contributed by atoms with van der Waals surface area (Å²) in [6.07, 6.45) is 7.25. The van der Waals surface area contributed by atoms with Crippen molar-refractivity contribution in [3.05, 3.63) is 22.7 Å². The second kappa shape index (κ2) is 6.80. The molecule has 0 atom stereocenters. The van der Waals surface area contributed by atoms with Gasteiger partial charge < -0.3 is 5.73 Å². The summed E-state index contributed by atoms with van der Waals surface area (Å²) in [5, 5.41) is 0.302. The molecule has 0 radical (unpaired) electrons. The first-order valence-corrected chi connectivity index (χ1v) is 7.73. The monoisotopic (exact) mass is 300 g/mol. The van der Waals surface area contributed by atoms with Gasteiger partial charge in [0.05, 0.1) is 4.90 Å². The number of nitrogen functional groups attached to an aromatic ring is 1. The van der Waals surface area contributed by atoms with Gasteiger partial charge in [-0.25, -0.2) is 13.1 Å². The Morgan fingerprint density at radius 1 is 1.42 bits per heavy atom. The third kappa shape index (κ3) is 4.43. The SMILES string of the molecule is C#CCCCCNS(=O)(=O)c1cc(Cl)cc(N)c1C. The van der Waals surface area contributed by atoms with Gasteiger partial charge in [-0.2, -0.15) is 0 Å². The van der Waals surface area contributed by atoms with Crippen molar-refractivity contribution in [2.75, 3.05) is 12.3 Å². The number of benzene rings is 1. The minimum atomic E-state index is -3.59. The molecule has 4 nitrogen and oxygen atoms in total. The summed E-state index contributed by atoms with van der Waals surface area (Å²) in [7, 11) is -3.59. The lowest BCUT2D eigenvalue weighted by Crippen LogP contribution is -2.25. The van der Waals surface area contributed by atoms with Gasteiger partial charge >= 0.3 is 0 Å². The maximum atomic E-state index is 12.1. The van der Waals surface area contributed by atoms with Crippen molar-refractivity contribution in [2.24, 2.45) is 0 Å². The fourth-order valence-corrected chi connectivity index (χ4v) is 3.25. The van der Waals surface area contributed by atoms with Crippen LogP contribution in [0.1, 0.15) is 24.8 Å². The molecule has 0 heterocycles. The molecule has 6 heteroatoms. The Bertz CT molecular complexity index is 591. The molecule has 1 rings (SSSR count). The first-order chi connectivity index (χ1) is 8.88. The van der Waals surface area contributed by atoms with Crippen LogP contribution in [0.5, 0.6) is 0 Å². The number of rotatable bonds is 6. The van der Waals surface area contributed by atoms with E-state index in [0.29, 0.717) is 35.7 Å². The number of terminal acetylenes is 1. The maximum Gasteiger partial charge on any atom is 0.240 e. The van der Waals surface area contributed by atoms with Crippen LogP contribution in [0.15, 0.2) is 17.0 Å². The van der Waals surface area contributed by atoms with Gasteiger partial charge in [0.25, 0.3) is 0 Å². The number of nitrogens with one attached hydrogen (secondary N) is 1. The molecule has 0 fully saturated rings. The molecule has 0 aliphatic carbocycles. The van der Waals surface area contributed by atoms with Gasteiger partial charge in [-0.3, -0.25) is 0 Å². The summed E-state index contributed by atoms with van der Waals surface area (Å²) in [5.41, 5.74) is 6.58. The van der Waals surface area contributed by atoms with Gasteiger partial charge in [0.2, 0.25) is 10.0 Å². The largest absolute Gasteiger partial charge is 0.398 e. The van der Waals surface area contributed by atoms with Crippen LogP contribution in [0, 0.1) is 19.3 Å². The molecule has 0 saturated carbocycles. The Balaban J connectivity index is 2.81. The van der Waals surface area contributed by atoms with Crippen molar-refractivity contribution in [1.29, 1.82) is 0 Å². The molecule has 19 heavy (non-hydrogen) atoms. The normalized spacial score (nSPS) is 11.2. The van der Waals surface area contributed by atoms with Crippen LogP contribution in [0.25, 0.3) is 0 Å². The van der Waals surface area contributed by atoms with Crippen LogP contribution < -0.4 is 10.5 Å². The van der Waals surface area contributed by atoms with Gasteiger partial charge in [-0.05, 0) is 37.5 Å². The predicted molar refractivity (Wildman–Crippen MR) is 78.5 cm³/mol. The lowest BCUT2D eigenvalue weighted by molar-refractivity contribution is 0.577. The van der Waals surface area contributed by atoms with E-state index >= 15 is 0 Å². The van der Waals surface area contributed by atoms with Gasteiger partial charge in [0.15, 0.2) is 0 Å². The highest BCUT2D eigenvalue weighted by Crippen LogP contribution is 2.25. The Hall–Kier alpha value is -1.22. The van der Waals surface area contributed by atoms with Gasteiger partial charge in [0, 0.05) is 23.7 Å². The van der Waals surface area contributed by atoms with E-state index < -0.39 is 10.0 Å². The van der Waals surface area contributed by atoms with Crippen LogP contribution in [0.3, 0.4) is 0 Å². The van der Waals surface area contributed by atoms with Crippen molar-refractivity contribution in [2.45, 2.75) is 31.1 Å². The fourth-order valence-electron chi connectivity index (χ4n) is 1.59. The highest BCUT2D eigenvalue weighted by atomic mass is 35.5. The van der Waals surface area contributed by atoms with Gasteiger partial charge in [-0.15, -0.1) is 12.3 Å². The predicted octanol–water partition coefficient (Wildman–Crippen LogP) is 2.31. The van der Waals surface area contributed by atoms with Crippen LogP contribution >= 0.6 is 11.6 Å². The number of sulfonamides is 1. The lowest BCUT2D eigenvalue weighted by Gasteiger charge is -2.11. The van der Waals surface area contributed by atoms with Crippen molar-refractivity contribution in [3.8, 4) is 12.3 Å².